The van der Waals surface area contributed by atoms with Crippen LogP contribution in [0.1, 0.15) is 17.4 Å². The zero-order valence-corrected chi connectivity index (χ0v) is 15.9. The Morgan fingerprint density at radius 3 is 2.50 bits per heavy atom. The molecule has 1 aromatic carbocycles. The van der Waals surface area contributed by atoms with Crippen molar-refractivity contribution < 1.29 is 9.59 Å². The van der Waals surface area contributed by atoms with Gasteiger partial charge in [-0.3, -0.25) is 19.8 Å². The van der Waals surface area contributed by atoms with Gasteiger partial charge >= 0.3 is 0 Å². The van der Waals surface area contributed by atoms with Gasteiger partial charge in [0.15, 0.2) is 5.11 Å². The fourth-order valence-electron chi connectivity index (χ4n) is 2.32. The molecule has 1 fully saturated rings. The number of hydrogen-bond acceptors (Lipinski definition) is 4. The summed E-state index contributed by atoms with van der Waals surface area (Å²) in [4.78, 5) is 27.2. The summed E-state index contributed by atoms with van der Waals surface area (Å²) in [6.45, 7) is 2.06. The van der Waals surface area contributed by atoms with Crippen molar-refractivity contribution in [2.24, 2.45) is 0 Å². The Bertz CT molecular complexity index is 856. The highest BCUT2D eigenvalue weighted by Crippen LogP contribution is 2.27. The van der Waals surface area contributed by atoms with Crippen molar-refractivity contribution in [3.05, 3.63) is 56.2 Å². The lowest BCUT2D eigenvalue weighted by molar-refractivity contribution is -0.122. The van der Waals surface area contributed by atoms with E-state index in [2.05, 4.69) is 28.2 Å². The van der Waals surface area contributed by atoms with E-state index < -0.39 is 11.8 Å². The molecule has 1 aliphatic rings. The minimum atomic E-state index is -0.476. The third-order valence-corrected chi connectivity index (χ3v) is 5.44. The van der Waals surface area contributed by atoms with Gasteiger partial charge in [0.1, 0.15) is 5.57 Å². The molecule has 2 heterocycles. The molecule has 3 rings (SSSR count). The van der Waals surface area contributed by atoms with Gasteiger partial charge in [0.25, 0.3) is 11.8 Å². The Hall–Kier alpha value is -1.83. The van der Waals surface area contributed by atoms with Gasteiger partial charge in [-0.1, -0.05) is 19.1 Å². The van der Waals surface area contributed by atoms with E-state index in [1.54, 1.807) is 6.08 Å². The SMILES string of the molecule is CCc1ccc(N2C(=O)/C(=C/c3ccc(Br)s3)C(=O)NC2=S)cc1. The molecule has 24 heavy (non-hydrogen) atoms. The van der Waals surface area contributed by atoms with E-state index in [1.165, 1.54) is 16.2 Å². The first-order chi connectivity index (χ1) is 11.5. The number of thiocarbonyl (C=S) groups is 1. The summed E-state index contributed by atoms with van der Waals surface area (Å²) >= 11 is 10.0. The molecule has 1 aliphatic heterocycles. The summed E-state index contributed by atoms with van der Waals surface area (Å²) in [5.41, 5.74) is 1.87. The third kappa shape index (κ3) is 3.33. The number of aryl methyl sites for hydroxylation is 1. The van der Waals surface area contributed by atoms with E-state index in [0.29, 0.717) is 5.69 Å². The van der Waals surface area contributed by atoms with Crippen LogP contribution in [0.4, 0.5) is 5.69 Å². The Morgan fingerprint density at radius 1 is 1.21 bits per heavy atom. The normalized spacial score (nSPS) is 16.7. The fraction of sp³-hybridized carbons (Fsp3) is 0.118. The molecule has 0 saturated carbocycles. The topological polar surface area (TPSA) is 49.4 Å². The lowest BCUT2D eigenvalue weighted by Crippen LogP contribution is -2.54. The predicted octanol–water partition coefficient (Wildman–Crippen LogP) is 3.90. The van der Waals surface area contributed by atoms with E-state index in [9.17, 15) is 9.59 Å². The minimum Gasteiger partial charge on any atom is -0.298 e. The van der Waals surface area contributed by atoms with Gasteiger partial charge in [0, 0.05) is 4.88 Å². The standard InChI is InChI=1S/C17H13BrN2O2S2/c1-2-10-3-5-11(6-4-10)20-16(22)13(15(21)19-17(20)23)9-12-7-8-14(18)24-12/h3-9H,2H2,1H3,(H,19,21,23)/b13-9+. The molecule has 0 atom stereocenters. The molecule has 0 unspecified atom stereocenters. The Kier molecular flexibility index (Phi) is 4.93. The van der Waals surface area contributed by atoms with Gasteiger partial charge in [0.05, 0.1) is 9.47 Å². The number of anilines is 1. The molecule has 1 N–H and O–H groups in total. The summed E-state index contributed by atoms with van der Waals surface area (Å²) in [6, 6.07) is 11.3. The average molecular weight is 421 g/mol. The maximum Gasteiger partial charge on any atom is 0.270 e. The summed E-state index contributed by atoms with van der Waals surface area (Å²) in [6.07, 6.45) is 2.50. The molecular weight excluding hydrogens is 408 g/mol. The molecular formula is C17H13BrN2O2S2. The molecule has 0 radical (unpaired) electrons. The molecule has 2 amide bonds. The van der Waals surface area contributed by atoms with Crippen molar-refractivity contribution in [2.45, 2.75) is 13.3 Å². The quantitative estimate of drug-likeness (QED) is 0.465. The maximum absolute atomic E-state index is 12.8. The zero-order chi connectivity index (χ0) is 17.3. The van der Waals surface area contributed by atoms with Crippen LogP contribution in [0.3, 0.4) is 0 Å². The number of hydrogen-bond donors (Lipinski definition) is 1. The number of thiophene rings is 1. The lowest BCUT2D eigenvalue weighted by Gasteiger charge is -2.29. The highest BCUT2D eigenvalue weighted by molar-refractivity contribution is 9.11. The molecule has 0 spiro atoms. The first-order valence-corrected chi connectivity index (χ1v) is 9.27. The lowest BCUT2D eigenvalue weighted by atomic mass is 10.1. The maximum atomic E-state index is 12.8. The van der Waals surface area contributed by atoms with Gasteiger partial charge in [-0.2, -0.15) is 0 Å². The number of benzene rings is 1. The van der Waals surface area contributed by atoms with Crippen molar-refractivity contribution in [3.63, 3.8) is 0 Å². The Labute approximate surface area is 157 Å². The third-order valence-electron chi connectivity index (χ3n) is 3.59. The highest BCUT2D eigenvalue weighted by atomic mass is 79.9. The second-order valence-electron chi connectivity index (χ2n) is 5.12. The van der Waals surface area contributed by atoms with E-state index in [1.807, 2.05) is 36.4 Å². The molecule has 0 bridgehead atoms. The van der Waals surface area contributed by atoms with Crippen LogP contribution < -0.4 is 10.2 Å². The van der Waals surface area contributed by atoms with Gasteiger partial charge in [-0.15, -0.1) is 11.3 Å². The molecule has 4 nitrogen and oxygen atoms in total. The van der Waals surface area contributed by atoms with Crippen molar-refractivity contribution in [1.82, 2.24) is 5.32 Å². The second-order valence-corrected chi connectivity index (χ2v) is 8.00. The van der Waals surface area contributed by atoms with Crippen LogP contribution in [0.2, 0.25) is 0 Å². The number of halogens is 1. The van der Waals surface area contributed by atoms with Crippen molar-refractivity contribution in [3.8, 4) is 0 Å². The molecule has 1 aromatic heterocycles. The van der Waals surface area contributed by atoms with Crippen molar-refractivity contribution in [1.29, 1.82) is 0 Å². The van der Waals surface area contributed by atoms with Gasteiger partial charge in [0.2, 0.25) is 0 Å². The fourth-order valence-corrected chi connectivity index (χ4v) is 3.97. The Morgan fingerprint density at radius 2 is 1.92 bits per heavy atom. The minimum absolute atomic E-state index is 0.0671. The number of rotatable bonds is 3. The van der Waals surface area contributed by atoms with Crippen LogP contribution in [0, 0.1) is 0 Å². The molecule has 122 valence electrons. The first-order valence-electron chi connectivity index (χ1n) is 7.25. The molecule has 7 heteroatoms. The smallest absolute Gasteiger partial charge is 0.270 e. The van der Waals surface area contributed by atoms with Crippen LogP contribution in [-0.4, -0.2) is 16.9 Å². The van der Waals surface area contributed by atoms with E-state index in [0.717, 1.165) is 20.6 Å². The van der Waals surface area contributed by atoms with Crippen LogP contribution in [0.25, 0.3) is 6.08 Å². The molecule has 2 aromatic rings. The van der Waals surface area contributed by atoms with E-state index in [4.69, 9.17) is 12.2 Å². The van der Waals surface area contributed by atoms with Gasteiger partial charge in [-0.05, 0) is 70.5 Å². The summed E-state index contributed by atoms with van der Waals surface area (Å²) in [5, 5.41) is 2.68. The monoisotopic (exact) mass is 420 g/mol. The summed E-state index contributed by atoms with van der Waals surface area (Å²) in [5.74, 6) is -0.895. The number of carbonyl (C=O) groups is 2. The van der Waals surface area contributed by atoms with Crippen LogP contribution in [-0.2, 0) is 16.0 Å². The predicted molar refractivity (Wildman–Crippen MR) is 104 cm³/mol. The van der Waals surface area contributed by atoms with Crippen LogP contribution >= 0.6 is 39.5 Å². The van der Waals surface area contributed by atoms with Crippen molar-refractivity contribution in [2.75, 3.05) is 4.90 Å². The molecule has 0 aliphatic carbocycles. The highest BCUT2D eigenvalue weighted by Gasteiger charge is 2.34. The van der Waals surface area contributed by atoms with Crippen molar-refractivity contribution >= 4 is 68.2 Å². The number of nitrogens with zero attached hydrogens (tertiary/aromatic N) is 1. The number of amides is 2. The van der Waals surface area contributed by atoms with E-state index in [-0.39, 0.29) is 10.7 Å². The Balaban J connectivity index is 1.97. The van der Waals surface area contributed by atoms with Crippen LogP contribution in [0.5, 0.6) is 0 Å². The van der Waals surface area contributed by atoms with Crippen LogP contribution in [0.15, 0.2) is 45.8 Å². The first kappa shape index (κ1) is 17.0. The number of carbonyl (C=O) groups excluding carboxylic acids is 2. The van der Waals surface area contributed by atoms with Gasteiger partial charge < -0.3 is 0 Å². The van der Waals surface area contributed by atoms with Gasteiger partial charge in [-0.25, -0.2) is 0 Å². The zero-order valence-electron chi connectivity index (χ0n) is 12.7. The number of nitrogens with one attached hydrogen (secondary N) is 1. The summed E-state index contributed by atoms with van der Waals surface area (Å²) < 4.78 is 0.931. The molecule has 1 saturated heterocycles. The average Bonchev–Trinajstić information content (AvgIpc) is 2.97. The van der Waals surface area contributed by atoms with E-state index >= 15 is 0 Å². The largest absolute Gasteiger partial charge is 0.298 e. The summed E-state index contributed by atoms with van der Waals surface area (Å²) in [7, 11) is 0. The second kappa shape index (κ2) is 6.96.